The predicted octanol–water partition coefficient (Wildman–Crippen LogP) is 4.19. The number of benzene rings is 1. The first-order chi connectivity index (χ1) is 6.65. The van der Waals surface area contributed by atoms with Gasteiger partial charge in [0.2, 0.25) is 0 Å². The zero-order valence-corrected chi connectivity index (χ0v) is 10.3. The normalized spacial score (nSPS) is 11.2. The van der Waals surface area contributed by atoms with Crippen molar-refractivity contribution in [1.82, 2.24) is 0 Å². The van der Waals surface area contributed by atoms with E-state index >= 15 is 0 Å². The van der Waals surface area contributed by atoms with E-state index in [-0.39, 0.29) is 0 Å². The molecular formula is C12H15BrO. The van der Waals surface area contributed by atoms with E-state index in [0.717, 1.165) is 10.0 Å². The van der Waals surface area contributed by atoms with Crippen LogP contribution < -0.4 is 0 Å². The molecule has 0 fully saturated rings. The van der Waals surface area contributed by atoms with Gasteiger partial charge >= 0.3 is 0 Å². The molecule has 2 heteroatoms. The van der Waals surface area contributed by atoms with Gasteiger partial charge in [-0.3, -0.25) is 0 Å². The first-order valence-electron chi connectivity index (χ1n) is 4.64. The van der Waals surface area contributed by atoms with E-state index in [1.165, 1.54) is 5.56 Å². The molecule has 0 aromatic heterocycles. The summed E-state index contributed by atoms with van der Waals surface area (Å²) in [6.07, 6.45) is 3.62. The van der Waals surface area contributed by atoms with Gasteiger partial charge < -0.3 is 4.74 Å². The molecule has 0 saturated carbocycles. The van der Waals surface area contributed by atoms with E-state index in [0.29, 0.717) is 5.92 Å². The van der Waals surface area contributed by atoms with Gasteiger partial charge in [0.25, 0.3) is 0 Å². The highest BCUT2D eigenvalue weighted by molar-refractivity contribution is 9.10. The molecule has 0 N–H and O–H groups in total. The Morgan fingerprint density at radius 3 is 2.57 bits per heavy atom. The third-order valence-electron chi connectivity index (χ3n) is 2.04. The van der Waals surface area contributed by atoms with Crippen LogP contribution in [-0.2, 0) is 4.74 Å². The molecule has 0 saturated heterocycles. The Bertz CT molecular complexity index is 329. The maximum atomic E-state index is 4.87. The average Bonchev–Trinajstić information content (AvgIpc) is 2.14. The lowest BCUT2D eigenvalue weighted by molar-refractivity contribution is 0.341. The van der Waals surface area contributed by atoms with Crippen LogP contribution in [0, 0.1) is 0 Å². The van der Waals surface area contributed by atoms with Crippen molar-refractivity contribution in [1.29, 1.82) is 0 Å². The predicted molar refractivity (Wildman–Crippen MR) is 64.3 cm³/mol. The summed E-state index contributed by atoms with van der Waals surface area (Å²) in [5.41, 5.74) is 2.47. The Hall–Kier alpha value is -0.760. The summed E-state index contributed by atoms with van der Waals surface area (Å²) in [4.78, 5) is 0. The number of methoxy groups -OCH3 is 1. The van der Waals surface area contributed by atoms with E-state index in [4.69, 9.17) is 4.74 Å². The van der Waals surface area contributed by atoms with Crippen molar-refractivity contribution in [3.63, 3.8) is 0 Å². The molecule has 1 aromatic rings. The molecule has 0 unspecified atom stereocenters. The smallest absolute Gasteiger partial charge is 0.0830 e. The first kappa shape index (κ1) is 11.3. The van der Waals surface area contributed by atoms with Crippen LogP contribution in [0.15, 0.2) is 28.9 Å². The minimum absolute atomic E-state index is 0.546. The van der Waals surface area contributed by atoms with Gasteiger partial charge in [-0.1, -0.05) is 41.9 Å². The molecule has 0 radical (unpaired) electrons. The highest BCUT2D eigenvalue weighted by Gasteiger charge is 2.03. The number of ether oxygens (including phenoxy) is 1. The molecule has 0 bridgehead atoms. The molecule has 1 aromatic carbocycles. The Morgan fingerprint density at radius 2 is 2.07 bits per heavy atom. The van der Waals surface area contributed by atoms with Crippen LogP contribution in [0.2, 0.25) is 0 Å². The quantitative estimate of drug-likeness (QED) is 0.736. The van der Waals surface area contributed by atoms with Crippen molar-refractivity contribution in [2.45, 2.75) is 19.8 Å². The summed E-state index contributed by atoms with van der Waals surface area (Å²) in [5, 5.41) is 0. The minimum Gasteiger partial charge on any atom is -0.504 e. The Balaban J connectivity index is 2.94. The van der Waals surface area contributed by atoms with Crippen LogP contribution in [0.3, 0.4) is 0 Å². The van der Waals surface area contributed by atoms with E-state index < -0.39 is 0 Å². The summed E-state index contributed by atoms with van der Waals surface area (Å²) in [6, 6.07) is 6.34. The monoisotopic (exact) mass is 254 g/mol. The largest absolute Gasteiger partial charge is 0.504 e. The van der Waals surface area contributed by atoms with E-state index in [1.807, 2.05) is 6.08 Å². The Kier molecular flexibility index (Phi) is 4.21. The van der Waals surface area contributed by atoms with Gasteiger partial charge in [-0.25, -0.2) is 0 Å². The lowest BCUT2D eigenvalue weighted by Gasteiger charge is -2.08. The van der Waals surface area contributed by atoms with Crippen LogP contribution in [0.25, 0.3) is 6.08 Å². The Labute approximate surface area is 93.9 Å². The first-order valence-corrected chi connectivity index (χ1v) is 5.43. The average molecular weight is 255 g/mol. The van der Waals surface area contributed by atoms with Crippen molar-refractivity contribution in [2.75, 3.05) is 7.11 Å². The van der Waals surface area contributed by atoms with Crippen LogP contribution in [0.4, 0.5) is 0 Å². The van der Waals surface area contributed by atoms with Gasteiger partial charge in [0.15, 0.2) is 0 Å². The molecule has 1 nitrogen and oxygen atoms in total. The van der Waals surface area contributed by atoms with Gasteiger partial charge in [-0.15, -0.1) is 0 Å². The van der Waals surface area contributed by atoms with E-state index in [2.05, 4.69) is 48.0 Å². The molecule has 0 aliphatic heterocycles. The lowest BCUT2D eigenvalue weighted by atomic mass is 10.0. The molecule has 0 spiro atoms. The van der Waals surface area contributed by atoms with Crippen molar-refractivity contribution in [3.05, 3.63) is 40.1 Å². The second-order valence-electron chi connectivity index (χ2n) is 3.47. The molecule has 14 heavy (non-hydrogen) atoms. The topological polar surface area (TPSA) is 9.23 Å². The van der Waals surface area contributed by atoms with Crippen LogP contribution >= 0.6 is 15.9 Å². The third-order valence-corrected chi connectivity index (χ3v) is 2.73. The summed E-state index contributed by atoms with van der Waals surface area (Å²) in [7, 11) is 1.65. The number of hydrogen-bond acceptors (Lipinski definition) is 1. The fraction of sp³-hybridized carbons (Fsp3) is 0.333. The van der Waals surface area contributed by atoms with Crippen molar-refractivity contribution >= 4 is 22.0 Å². The van der Waals surface area contributed by atoms with Crippen molar-refractivity contribution in [3.8, 4) is 0 Å². The van der Waals surface area contributed by atoms with E-state index in [9.17, 15) is 0 Å². The molecule has 0 aliphatic rings. The fourth-order valence-corrected chi connectivity index (χ4v) is 2.12. The second kappa shape index (κ2) is 5.20. The molecule has 0 atom stereocenters. The lowest BCUT2D eigenvalue weighted by Crippen LogP contribution is -1.89. The molecule has 76 valence electrons. The fourth-order valence-electron chi connectivity index (χ4n) is 1.26. The maximum absolute atomic E-state index is 4.87. The molecule has 0 aliphatic carbocycles. The molecule has 1 rings (SSSR count). The molecular weight excluding hydrogens is 240 g/mol. The summed E-state index contributed by atoms with van der Waals surface area (Å²) >= 11 is 3.56. The minimum atomic E-state index is 0.546. The van der Waals surface area contributed by atoms with Crippen LogP contribution in [-0.4, -0.2) is 7.11 Å². The van der Waals surface area contributed by atoms with Crippen LogP contribution in [0.5, 0.6) is 0 Å². The van der Waals surface area contributed by atoms with Crippen LogP contribution in [0.1, 0.15) is 30.9 Å². The third kappa shape index (κ3) is 2.88. The number of rotatable bonds is 3. The maximum Gasteiger partial charge on any atom is 0.0830 e. The van der Waals surface area contributed by atoms with Gasteiger partial charge in [-0.2, -0.15) is 0 Å². The van der Waals surface area contributed by atoms with Gasteiger partial charge in [-0.05, 0) is 29.2 Å². The standard InChI is InChI=1S/C12H15BrO/c1-9(2)11-5-4-10(6-7-14-3)8-12(11)13/h4-9H,1-3H3. The zero-order valence-electron chi connectivity index (χ0n) is 8.75. The number of halogens is 1. The molecule has 0 amide bonds. The zero-order chi connectivity index (χ0) is 10.6. The second-order valence-corrected chi connectivity index (χ2v) is 4.33. The highest BCUT2D eigenvalue weighted by atomic mass is 79.9. The number of hydrogen-bond donors (Lipinski definition) is 0. The van der Waals surface area contributed by atoms with Crippen molar-refractivity contribution in [2.24, 2.45) is 0 Å². The summed E-state index contributed by atoms with van der Waals surface area (Å²) < 4.78 is 6.03. The SMILES string of the molecule is COC=Cc1ccc(C(C)C)c(Br)c1. The van der Waals surface area contributed by atoms with Crippen molar-refractivity contribution < 1.29 is 4.74 Å². The van der Waals surface area contributed by atoms with Gasteiger partial charge in [0.1, 0.15) is 0 Å². The Morgan fingerprint density at radius 1 is 1.36 bits per heavy atom. The van der Waals surface area contributed by atoms with E-state index in [1.54, 1.807) is 13.4 Å². The van der Waals surface area contributed by atoms with Gasteiger partial charge in [0, 0.05) is 4.47 Å². The highest BCUT2D eigenvalue weighted by Crippen LogP contribution is 2.25. The molecule has 0 heterocycles. The summed E-state index contributed by atoms with van der Waals surface area (Å²) in [6.45, 7) is 4.37. The van der Waals surface area contributed by atoms with Gasteiger partial charge in [0.05, 0.1) is 13.4 Å². The summed E-state index contributed by atoms with van der Waals surface area (Å²) in [5.74, 6) is 0.546.